The Labute approximate surface area is 226 Å². The Bertz CT molecular complexity index is 1510. The van der Waals surface area contributed by atoms with Gasteiger partial charge in [0.15, 0.2) is 11.6 Å². The summed E-state index contributed by atoms with van der Waals surface area (Å²) in [6, 6.07) is 18.3. The van der Waals surface area contributed by atoms with Crippen LogP contribution >= 0.6 is 0 Å². The van der Waals surface area contributed by atoms with Crippen molar-refractivity contribution in [3.8, 4) is 11.5 Å². The van der Waals surface area contributed by atoms with E-state index in [4.69, 9.17) is 14.3 Å². The molecule has 2 atom stereocenters. The van der Waals surface area contributed by atoms with E-state index in [2.05, 4.69) is 39.0 Å². The number of aromatic nitrogens is 4. The number of carbonyl (C=O) groups excluding carboxylic acids is 1. The number of hydrogen-bond donors (Lipinski definition) is 2. The first kappa shape index (κ1) is 23.8. The smallest absolute Gasteiger partial charge is 0.316 e. The number of nitrogens with one attached hydrogen (secondary N) is 2. The lowest BCUT2D eigenvalue weighted by Gasteiger charge is -2.25. The fourth-order valence-electron chi connectivity index (χ4n) is 5.43. The molecule has 2 aliphatic carbocycles. The van der Waals surface area contributed by atoms with Crippen molar-refractivity contribution in [2.75, 3.05) is 23.8 Å². The van der Waals surface area contributed by atoms with Crippen LogP contribution in [0.1, 0.15) is 48.4 Å². The van der Waals surface area contributed by atoms with E-state index >= 15 is 0 Å². The maximum Gasteiger partial charge on any atom is 0.316 e. The molecular weight excluding hydrogens is 492 g/mol. The zero-order chi connectivity index (χ0) is 26.2. The number of Topliss-reactive ketones (excluding diaryl/α,β-unsaturated/α-hetero) is 1. The van der Waals surface area contributed by atoms with E-state index in [0.717, 1.165) is 59.5 Å². The molecule has 1 saturated carbocycles. The van der Waals surface area contributed by atoms with E-state index < -0.39 is 6.04 Å². The number of fused-ring (bicyclic) bond motifs is 1. The summed E-state index contributed by atoms with van der Waals surface area (Å²) in [5.41, 5.74) is 4.87. The Morgan fingerprint density at radius 1 is 0.923 bits per heavy atom. The number of carbonyl (C=O) groups is 1. The molecule has 0 amide bonds. The Morgan fingerprint density at radius 3 is 2.56 bits per heavy atom. The maximum atomic E-state index is 13.4. The van der Waals surface area contributed by atoms with Crippen LogP contribution in [0.5, 0.6) is 0 Å². The van der Waals surface area contributed by atoms with Crippen LogP contribution in [0.15, 0.2) is 71.3 Å². The lowest BCUT2D eigenvalue weighted by molar-refractivity contribution is -0.118. The van der Waals surface area contributed by atoms with Crippen molar-refractivity contribution < 1.29 is 13.9 Å². The summed E-state index contributed by atoms with van der Waals surface area (Å²) in [6.07, 6.45) is 8.64. The number of nitrogens with zero attached hydrogens (tertiary/aromatic N) is 4. The predicted octanol–water partition coefficient (Wildman–Crippen LogP) is 4.90. The SMILES string of the molecule is O=C1Cc2ccccc2C(c2ccccc2)=C[C@@H]1Nc1nnc(-c2cn(C3CCC3)nc2N[C@@H]2CCOC2)o1. The Kier molecular flexibility index (Phi) is 6.20. The van der Waals surface area contributed by atoms with Crippen molar-refractivity contribution >= 4 is 23.2 Å². The van der Waals surface area contributed by atoms with Crippen molar-refractivity contribution in [2.24, 2.45) is 0 Å². The van der Waals surface area contributed by atoms with Crippen LogP contribution in [0.4, 0.5) is 11.8 Å². The largest absolute Gasteiger partial charge is 0.403 e. The highest BCUT2D eigenvalue weighted by Crippen LogP contribution is 2.36. The monoisotopic (exact) mass is 522 g/mol. The lowest BCUT2D eigenvalue weighted by Crippen LogP contribution is -2.28. The first-order valence-electron chi connectivity index (χ1n) is 13.6. The fraction of sp³-hybridized carbons (Fsp3) is 0.333. The third-order valence-electron chi connectivity index (χ3n) is 7.82. The number of ether oxygens (including phenoxy) is 1. The van der Waals surface area contributed by atoms with Crippen molar-refractivity contribution in [3.63, 3.8) is 0 Å². The molecule has 2 N–H and O–H groups in total. The molecule has 2 fully saturated rings. The molecule has 1 saturated heterocycles. The zero-order valence-electron chi connectivity index (χ0n) is 21.5. The summed E-state index contributed by atoms with van der Waals surface area (Å²) in [5.74, 6) is 1.12. The van der Waals surface area contributed by atoms with Gasteiger partial charge in [-0.3, -0.25) is 9.48 Å². The highest BCUT2D eigenvalue weighted by molar-refractivity contribution is 5.97. The molecule has 3 aliphatic rings. The molecule has 0 spiro atoms. The van der Waals surface area contributed by atoms with Gasteiger partial charge >= 0.3 is 6.01 Å². The van der Waals surface area contributed by atoms with E-state index in [1.807, 2.05) is 53.4 Å². The second kappa shape index (κ2) is 10.1. The van der Waals surface area contributed by atoms with Crippen molar-refractivity contribution in [2.45, 2.75) is 50.2 Å². The molecule has 3 heterocycles. The molecule has 2 aromatic heterocycles. The molecule has 9 heteroatoms. The Balaban J connectivity index is 1.19. The van der Waals surface area contributed by atoms with Crippen molar-refractivity contribution in [1.82, 2.24) is 20.0 Å². The molecule has 4 aromatic rings. The third-order valence-corrected chi connectivity index (χ3v) is 7.82. The first-order chi connectivity index (χ1) is 19.2. The third kappa shape index (κ3) is 4.74. The average molecular weight is 523 g/mol. The van der Waals surface area contributed by atoms with E-state index in [-0.39, 0.29) is 17.8 Å². The van der Waals surface area contributed by atoms with Gasteiger partial charge in [-0.25, -0.2) is 0 Å². The van der Waals surface area contributed by atoms with Gasteiger partial charge in [-0.2, -0.15) is 5.10 Å². The number of hydrogen-bond acceptors (Lipinski definition) is 8. The van der Waals surface area contributed by atoms with E-state index in [9.17, 15) is 4.79 Å². The molecule has 1 aliphatic heterocycles. The van der Waals surface area contributed by atoms with Gasteiger partial charge < -0.3 is 19.8 Å². The van der Waals surface area contributed by atoms with Crippen LogP contribution in [-0.4, -0.2) is 51.1 Å². The van der Waals surface area contributed by atoms with Crippen LogP contribution in [-0.2, 0) is 16.0 Å². The maximum absolute atomic E-state index is 13.4. The minimum Gasteiger partial charge on any atom is -0.403 e. The van der Waals surface area contributed by atoms with E-state index in [0.29, 0.717) is 25.0 Å². The highest BCUT2D eigenvalue weighted by atomic mass is 16.5. The quantitative estimate of drug-likeness (QED) is 0.353. The molecule has 39 heavy (non-hydrogen) atoms. The van der Waals surface area contributed by atoms with Crippen LogP contribution in [0, 0.1) is 0 Å². The van der Waals surface area contributed by atoms with E-state index in [1.165, 1.54) is 6.42 Å². The average Bonchev–Trinajstić information content (AvgIpc) is 3.67. The van der Waals surface area contributed by atoms with Crippen LogP contribution < -0.4 is 10.6 Å². The number of benzene rings is 2. The lowest BCUT2D eigenvalue weighted by atomic mass is 9.93. The number of rotatable bonds is 7. The van der Waals surface area contributed by atoms with Gasteiger partial charge in [0.25, 0.3) is 5.89 Å². The minimum absolute atomic E-state index is 0.0366. The molecule has 7 rings (SSSR count). The summed E-state index contributed by atoms with van der Waals surface area (Å²) in [4.78, 5) is 13.4. The molecule has 0 radical (unpaired) electrons. The van der Waals surface area contributed by atoms with Gasteiger partial charge in [0.05, 0.1) is 18.7 Å². The molecule has 0 bridgehead atoms. The van der Waals surface area contributed by atoms with E-state index in [1.54, 1.807) is 0 Å². The Morgan fingerprint density at radius 2 is 1.77 bits per heavy atom. The van der Waals surface area contributed by atoms with Crippen molar-refractivity contribution in [1.29, 1.82) is 0 Å². The second-order valence-electron chi connectivity index (χ2n) is 10.4. The standard InChI is InChI=1S/C30H30N6O3/c37-27-15-20-9-4-5-12-23(20)24(19-7-2-1-3-8-19)16-26(27)32-30-34-33-29(39-30)25-17-36(22-10-6-11-22)35-28(25)31-21-13-14-38-18-21/h1-5,7-9,12,16-17,21-22,26H,6,10-11,13-15,18H2,(H,31,35)(H,32,34)/t21-,26+/m1/s1. The van der Waals surface area contributed by atoms with Crippen LogP contribution in [0.3, 0.4) is 0 Å². The summed E-state index contributed by atoms with van der Waals surface area (Å²) in [6.45, 7) is 1.39. The molecule has 0 unspecified atom stereocenters. The Hall–Kier alpha value is -4.24. The summed E-state index contributed by atoms with van der Waals surface area (Å²) < 4.78 is 13.6. The number of ketones is 1. The normalized spacial score (nSPS) is 21.1. The number of anilines is 2. The van der Waals surface area contributed by atoms with Gasteiger partial charge in [0.2, 0.25) is 0 Å². The molecule has 198 valence electrons. The highest BCUT2D eigenvalue weighted by Gasteiger charge is 2.29. The van der Waals surface area contributed by atoms with Gasteiger partial charge in [0.1, 0.15) is 11.6 Å². The molecule has 2 aromatic carbocycles. The van der Waals surface area contributed by atoms with Gasteiger partial charge in [-0.1, -0.05) is 59.7 Å². The van der Waals surface area contributed by atoms with Gasteiger partial charge in [-0.15, -0.1) is 5.10 Å². The summed E-state index contributed by atoms with van der Waals surface area (Å²) in [7, 11) is 0. The van der Waals surface area contributed by atoms with Crippen LogP contribution in [0.25, 0.3) is 17.0 Å². The van der Waals surface area contributed by atoms with Gasteiger partial charge in [-0.05, 0) is 54.0 Å². The first-order valence-corrected chi connectivity index (χ1v) is 13.6. The summed E-state index contributed by atoms with van der Waals surface area (Å²) in [5, 5.41) is 20.1. The second-order valence-corrected chi connectivity index (χ2v) is 10.4. The van der Waals surface area contributed by atoms with Crippen LogP contribution in [0.2, 0.25) is 0 Å². The molecule has 9 nitrogen and oxygen atoms in total. The zero-order valence-corrected chi connectivity index (χ0v) is 21.5. The minimum atomic E-state index is -0.619. The fourth-order valence-corrected chi connectivity index (χ4v) is 5.43. The summed E-state index contributed by atoms with van der Waals surface area (Å²) >= 11 is 0. The van der Waals surface area contributed by atoms with Crippen molar-refractivity contribution in [3.05, 3.63) is 83.6 Å². The molecular formula is C30H30N6O3. The van der Waals surface area contributed by atoms with Gasteiger partial charge in [0, 0.05) is 19.2 Å². The topological polar surface area (TPSA) is 107 Å². The predicted molar refractivity (Wildman–Crippen MR) is 147 cm³/mol.